The quantitative estimate of drug-likeness (QED) is 0.785. The van der Waals surface area contributed by atoms with Gasteiger partial charge < -0.3 is 10.1 Å². The molecule has 0 saturated heterocycles. The number of halogens is 2. The number of aromatic nitrogens is 2. The molecule has 0 fully saturated rings. The molecule has 10 heteroatoms. The lowest BCUT2D eigenvalue weighted by molar-refractivity contribution is 0.0692. The van der Waals surface area contributed by atoms with Gasteiger partial charge >= 0.3 is 5.97 Å². The molecule has 1 heterocycles. The van der Waals surface area contributed by atoms with Crippen LogP contribution in [0.2, 0.25) is 0 Å². The van der Waals surface area contributed by atoms with Crippen LogP contribution in [0.5, 0.6) is 0 Å². The second-order valence-corrected chi connectivity index (χ2v) is 5.29. The van der Waals surface area contributed by atoms with Gasteiger partial charge in [0, 0.05) is 6.07 Å². The standard InChI is InChI=1S/C10H7F2N3O4S/c11-6-2-7(12)8(1-5(6)10(16)17)15-20(18,19)9-3-13-4-14-9/h1-4,15H,(H,13,14)(H,16,17). The zero-order valence-electron chi connectivity index (χ0n) is 9.59. The van der Waals surface area contributed by atoms with E-state index in [1.54, 1.807) is 0 Å². The van der Waals surface area contributed by atoms with Crippen molar-refractivity contribution in [2.24, 2.45) is 0 Å². The summed E-state index contributed by atoms with van der Waals surface area (Å²) < 4.78 is 52.0. The highest BCUT2D eigenvalue weighted by Gasteiger charge is 2.21. The third-order valence-electron chi connectivity index (χ3n) is 2.29. The number of carboxylic acids is 1. The van der Waals surface area contributed by atoms with Crippen LogP contribution in [-0.2, 0) is 10.0 Å². The Bertz CT molecular complexity index is 759. The summed E-state index contributed by atoms with van der Waals surface area (Å²) in [6, 6.07) is 0.842. The zero-order valence-corrected chi connectivity index (χ0v) is 10.4. The van der Waals surface area contributed by atoms with Crippen molar-refractivity contribution in [3.05, 3.63) is 41.9 Å². The molecular weight excluding hydrogens is 296 g/mol. The van der Waals surface area contributed by atoms with Gasteiger partial charge in [-0.25, -0.2) is 18.6 Å². The van der Waals surface area contributed by atoms with E-state index in [0.29, 0.717) is 6.07 Å². The summed E-state index contributed by atoms with van der Waals surface area (Å²) in [6.45, 7) is 0. The van der Waals surface area contributed by atoms with Gasteiger partial charge in [0.15, 0.2) is 5.03 Å². The van der Waals surface area contributed by atoms with E-state index < -0.39 is 38.9 Å². The zero-order chi connectivity index (χ0) is 14.9. The molecule has 0 spiro atoms. The van der Waals surface area contributed by atoms with Crippen LogP contribution in [0.3, 0.4) is 0 Å². The minimum absolute atomic E-state index is 0.286. The lowest BCUT2D eigenvalue weighted by atomic mass is 10.2. The van der Waals surface area contributed by atoms with Crippen LogP contribution >= 0.6 is 0 Å². The molecule has 3 N–H and O–H groups in total. The average molecular weight is 303 g/mol. The minimum Gasteiger partial charge on any atom is -0.478 e. The van der Waals surface area contributed by atoms with Gasteiger partial charge in [-0.1, -0.05) is 0 Å². The molecule has 0 atom stereocenters. The maximum absolute atomic E-state index is 13.5. The fraction of sp³-hybridized carbons (Fsp3) is 0. The number of nitrogens with zero attached hydrogens (tertiary/aromatic N) is 1. The molecule has 0 aliphatic heterocycles. The monoisotopic (exact) mass is 303 g/mol. The van der Waals surface area contributed by atoms with E-state index in [0.717, 1.165) is 12.5 Å². The van der Waals surface area contributed by atoms with Crippen LogP contribution in [0, 0.1) is 11.6 Å². The van der Waals surface area contributed by atoms with E-state index in [-0.39, 0.29) is 11.1 Å². The number of anilines is 1. The van der Waals surface area contributed by atoms with Gasteiger partial charge in [-0.05, 0) is 6.07 Å². The van der Waals surface area contributed by atoms with Crippen molar-refractivity contribution in [2.75, 3.05) is 4.72 Å². The minimum atomic E-state index is -4.17. The second-order valence-electron chi connectivity index (χ2n) is 3.64. The smallest absolute Gasteiger partial charge is 0.338 e. The van der Waals surface area contributed by atoms with Crippen LogP contribution in [0.15, 0.2) is 29.7 Å². The van der Waals surface area contributed by atoms with Crippen molar-refractivity contribution in [1.29, 1.82) is 0 Å². The fourth-order valence-corrected chi connectivity index (χ4v) is 2.34. The number of hydrogen-bond acceptors (Lipinski definition) is 4. The first-order valence-corrected chi connectivity index (χ1v) is 6.53. The molecule has 1 aromatic carbocycles. The summed E-state index contributed by atoms with van der Waals surface area (Å²) >= 11 is 0. The topological polar surface area (TPSA) is 112 Å². The molecule has 0 saturated carbocycles. The van der Waals surface area contributed by atoms with Gasteiger partial charge in [0.25, 0.3) is 10.0 Å². The summed E-state index contributed by atoms with van der Waals surface area (Å²) in [6.07, 6.45) is 2.07. The Morgan fingerprint density at radius 1 is 1.30 bits per heavy atom. The number of aromatic amines is 1. The van der Waals surface area contributed by atoms with Crippen LogP contribution in [0.25, 0.3) is 0 Å². The first-order chi connectivity index (χ1) is 9.31. The average Bonchev–Trinajstić information content (AvgIpc) is 2.86. The highest BCUT2D eigenvalue weighted by Crippen LogP contribution is 2.22. The van der Waals surface area contributed by atoms with Gasteiger partial charge in [0.1, 0.15) is 11.6 Å². The predicted octanol–water partition coefficient (Wildman–Crippen LogP) is 1.19. The van der Waals surface area contributed by atoms with Gasteiger partial charge in [0.2, 0.25) is 0 Å². The van der Waals surface area contributed by atoms with Gasteiger partial charge in [-0.2, -0.15) is 8.42 Å². The SMILES string of the molecule is O=C(O)c1cc(NS(=O)(=O)c2cnc[nH]2)c(F)cc1F. The molecular formula is C10H7F2N3O4S. The van der Waals surface area contributed by atoms with Crippen molar-refractivity contribution in [2.45, 2.75) is 5.03 Å². The van der Waals surface area contributed by atoms with Crippen molar-refractivity contribution in [3.63, 3.8) is 0 Å². The van der Waals surface area contributed by atoms with E-state index in [2.05, 4.69) is 9.97 Å². The van der Waals surface area contributed by atoms with E-state index >= 15 is 0 Å². The van der Waals surface area contributed by atoms with Crippen molar-refractivity contribution >= 4 is 21.7 Å². The highest BCUT2D eigenvalue weighted by molar-refractivity contribution is 7.92. The Balaban J connectivity index is 2.44. The number of nitrogens with one attached hydrogen (secondary N) is 2. The second kappa shape index (κ2) is 4.89. The summed E-state index contributed by atoms with van der Waals surface area (Å²) in [5, 5.41) is 8.36. The molecule has 2 rings (SSSR count). The first-order valence-electron chi connectivity index (χ1n) is 5.05. The molecule has 2 aromatic rings. The lowest BCUT2D eigenvalue weighted by Crippen LogP contribution is -2.15. The lowest BCUT2D eigenvalue weighted by Gasteiger charge is -2.08. The molecule has 20 heavy (non-hydrogen) atoms. The van der Waals surface area contributed by atoms with Crippen molar-refractivity contribution < 1.29 is 27.1 Å². The molecule has 0 amide bonds. The van der Waals surface area contributed by atoms with Crippen LogP contribution < -0.4 is 4.72 Å². The molecule has 0 aliphatic rings. The summed E-state index contributed by atoms with van der Waals surface area (Å²) in [7, 11) is -4.17. The number of rotatable bonds is 4. The van der Waals surface area contributed by atoms with Gasteiger partial charge in [0.05, 0.1) is 23.8 Å². The van der Waals surface area contributed by atoms with E-state index in [1.165, 1.54) is 0 Å². The maximum Gasteiger partial charge on any atom is 0.338 e. The third-order valence-corrected chi connectivity index (χ3v) is 3.59. The molecule has 1 aromatic heterocycles. The Hall–Kier alpha value is -2.49. The first kappa shape index (κ1) is 13.9. The largest absolute Gasteiger partial charge is 0.478 e. The maximum atomic E-state index is 13.5. The molecule has 7 nitrogen and oxygen atoms in total. The molecule has 0 unspecified atom stereocenters. The van der Waals surface area contributed by atoms with E-state index in [4.69, 9.17) is 5.11 Å². The van der Waals surface area contributed by atoms with Crippen LogP contribution in [0.4, 0.5) is 14.5 Å². The Morgan fingerprint density at radius 3 is 2.55 bits per heavy atom. The highest BCUT2D eigenvalue weighted by atomic mass is 32.2. The normalized spacial score (nSPS) is 11.3. The fourth-order valence-electron chi connectivity index (χ4n) is 1.38. The number of carbonyl (C=O) groups is 1. The number of aromatic carboxylic acids is 1. The summed E-state index contributed by atoms with van der Waals surface area (Å²) in [5.74, 6) is -4.19. The number of hydrogen-bond donors (Lipinski definition) is 3. The number of carboxylic acid groups (broad SMARTS) is 1. The summed E-state index contributed by atoms with van der Waals surface area (Å²) in [5.41, 5.74) is -1.54. The Labute approximate surface area is 111 Å². The molecule has 0 radical (unpaired) electrons. The van der Waals surface area contributed by atoms with Crippen LogP contribution in [-0.4, -0.2) is 29.5 Å². The van der Waals surface area contributed by atoms with Crippen molar-refractivity contribution in [1.82, 2.24) is 9.97 Å². The molecule has 0 bridgehead atoms. The molecule has 0 aliphatic carbocycles. The number of sulfonamides is 1. The number of imidazole rings is 1. The third kappa shape index (κ3) is 2.59. The van der Waals surface area contributed by atoms with E-state index in [9.17, 15) is 22.0 Å². The molecule has 106 valence electrons. The van der Waals surface area contributed by atoms with E-state index in [1.807, 2.05) is 4.72 Å². The Morgan fingerprint density at radius 2 is 2.00 bits per heavy atom. The van der Waals surface area contributed by atoms with Gasteiger partial charge in [-0.15, -0.1) is 0 Å². The Kier molecular flexibility index (Phi) is 3.40. The number of benzene rings is 1. The van der Waals surface area contributed by atoms with Gasteiger partial charge in [-0.3, -0.25) is 4.72 Å². The summed E-state index contributed by atoms with van der Waals surface area (Å²) in [4.78, 5) is 16.5. The van der Waals surface area contributed by atoms with Crippen LogP contribution in [0.1, 0.15) is 10.4 Å². The van der Waals surface area contributed by atoms with Crippen molar-refractivity contribution in [3.8, 4) is 0 Å². The number of H-pyrrole nitrogens is 1. The predicted molar refractivity (Wildman–Crippen MR) is 62.7 cm³/mol.